The summed E-state index contributed by atoms with van der Waals surface area (Å²) in [7, 11) is -1.86. The summed E-state index contributed by atoms with van der Waals surface area (Å²) >= 11 is 5.61. The number of rotatable bonds is 9. The maximum atomic E-state index is 13.0. The summed E-state index contributed by atoms with van der Waals surface area (Å²) in [5.41, 5.74) is 0.441. The van der Waals surface area contributed by atoms with Crippen LogP contribution in [0.25, 0.3) is 0 Å². The van der Waals surface area contributed by atoms with Crippen LogP contribution in [-0.2, 0) is 20.5 Å². The minimum Gasteiger partial charge on any atom is -0.383 e. The van der Waals surface area contributed by atoms with Crippen molar-refractivity contribution in [1.82, 2.24) is 10.0 Å². The third-order valence-electron chi connectivity index (χ3n) is 2.45. The van der Waals surface area contributed by atoms with E-state index in [1.54, 1.807) is 7.11 Å². The first kappa shape index (κ1) is 20.6. The number of nitrogens with one attached hydrogen (secondary N) is 2. The van der Waals surface area contributed by atoms with Crippen LogP contribution in [0.1, 0.15) is 5.56 Å². The molecule has 0 fully saturated rings. The standard InChI is InChI=1S/C12H18ClFN2O3S.ClH/c1-19-7-6-15-4-5-16-20(17,18)9-10-2-3-12(14)11(13)8-10;/h2-3,8,15-16H,4-7,9H2,1H3;1H. The van der Waals surface area contributed by atoms with Crippen LogP contribution in [0.4, 0.5) is 4.39 Å². The Hall–Kier alpha value is -0.440. The summed E-state index contributed by atoms with van der Waals surface area (Å²) in [4.78, 5) is 0. The third kappa shape index (κ3) is 8.55. The fourth-order valence-corrected chi connectivity index (χ4v) is 2.83. The molecule has 2 N–H and O–H groups in total. The van der Waals surface area contributed by atoms with Crippen molar-refractivity contribution >= 4 is 34.0 Å². The van der Waals surface area contributed by atoms with Crippen molar-refractivity contribution in [3.05, 3.63) is 34.6 Å². The first-order chi connectivity index (χ1) is 9.44. The lowest BCUT2D eigenvalue weighted by Crippen LogP contribution is -2.33. The molecule has 21 heavy (non-hydrogen) atoms. The molecule has 0 spiro atoms. The molecule has 0 atom stereocenters. The molecule has 122 valence electrons. The van der Waals surface area contributed by atoms with Crippen LogP contribution in [0.15, 0.2) is 18.2 Å². The zero-order valence-electron chi connectivity index (χ0n) is 11.6. The first-order valence-electron chi connectivity index (χ1n) is 6.05. The maximum absolute atomic E-state index is 13.0. The van der Waals surface area contributed by atoms with Gasteiger partial charge in [-0.25, -0.2) is 17.5 Å². The molecule has 0 aliphatic heterocycles. The highest BCUT2D eigenvalue weighted by Crippen LogP contribution is 2.17. The Kier molecular flexibility index (Phi) is 10.1. The topological polar surface area (TPSA) is 67.4 Å². The Morgan fingerprint density at radius 1 is 1.29 bits per heavy atom. The van der Waals surface area contributed by atoms with E-state index in [0.717, 1.165) is 6.07 Å². The minimum absolute atomic E-state index is 0. The number of sulfonamides is 1. The van der Waals surface area contributed by atoms with Gasteiger partial charge in [0, 0.05) is 26.7 Å². The van der Waals surface area contributed by atoms with Gasteiger partial charge < -0.3 is 10.1 Å². The number of hydrogen-bond donors (Lipinski definition) is 2. The normalized spacial score (nSPS) is 11.2. The molecular formula is C12H19Cl2FN2O3S. The van der Waals surface area contributed by atoms with Crippen molar-refractivity contribution < 1.29 is 17.5 Å². The molecular weight excluding hydrogens is 342 g/mol. The van der Waals surface area contributed by atoms with E-state index >= 15 is 0 Å². The number of methoxy groups -OCH3 is 1. The van der Waals surface area contributed by atoms with Crippen LogP contribution in [0.5, 0.6) is 0 Å². The van der Waals surface area contributed by atoms with Crippen molar-refractivity contribution in [3.63, 3.8) is 0 Å². The second-order valence-electron chi connectivity index (χ2n) is 4.14. The fourth-order valence-electron chi connectivity index (χ4n) is 1.49. The first-order valence-corrected chi connectivity index (χ1v) is 8.08. The highest BCUT2D eigenvalue weighted by Gasteiger charge is 2.12. The van der Waals surface area contributed by atoms with Gasteiger partial charge in [-0.3, -0.25) is 0 Å². The molecule has 0 amide bonds. The highest BCUT2D eigenvalue weighted by atomic mass is 35.5. The average Bonchev–Trinajstić information content (AvgIpc) is 2.38. The van der Waals surface area contributed by atoms with Gasteiger partial charge in [0.1, 0.15) is 5.82 Å². The average molecular weight is 361 g/mol. The quantitative estimate of drug-likeness (QED) is 0.655. The molecule has 0 bridgehead atoms. The van der Waals surface area contributed by atoms with E-state index in [1.807, 2.05) is 0 Å². The second kappa shape index (κ2) is 10.3. The lowest BCUT2D eigenvalue weighted by molar-refractivity contribution is 0.199. The van der Waals surface area contributed by atoms with Gasteiger partial charge >= 0.3 is 0 Å². The van der Waals surface area contributed by atoms with E-state index in [2.05, 4.69) is 10.0 Å². The van der Waals surface area contributed by atoms with E-state index in [0.29, 0.717) is 25.3 Å². The predicted molar refractivity (Wildman–Crippen MR) is 84.0 cm³/mol. The van der Waals surface area contributed by atoms with Crippen molar-refractivity contribution in [1.29, 1.82) is 0 Å². The summed E-state index contributed by atoms with van der Waals surface area (Å²) in [6.45, 7) is 2.01. The Labute approximate surface area is 135 Å². The summed E-state index contributed by atoms with van der Waals surface area (Å²) < 4.78 is 43.8. The molecule has 0 saturated carbocycles. The number of benzene rings is 1. The van der Waals surface area contributed by atoms with E-state index in [1.165, 1.54) is 12.1 Å². The smallest absolute Gasteiger partial charge is 0.215 e. The molecule has 0 heterocycles. The lowest BCUT2D eigenvalue weighted by atomic mass is 10.2. The number of halogens is 3. The summed E-state index contributed by atoms with van der Waals surface area (Å²) in [6.07, 6.45) is 0. The monoisotopic (exact) mass is 360 g/mol. The van der Waals surface area contributed by atoms with Gasteiger partial charge in [0.2, 0.25) is 10.0 Å². The van der Waals surface area contributed by atoms with Crippen molar-refractivity contribution in [2.75, 3.05) is 33.4 Å². The maximum Gasteiger partial charge on any atom is 0.215 e. The molecule has 1 aromatic carbocycles. The van der Waals surface area contributed by atoms with Crippen molar-refractivity contribution in [3.8, 4) is 0 Å². The molecule has 0 unspecified atom stereocenters. The number of hydrogen-bond acceptors (Lipinski definition) is 4. The fraction of sp³-hybridized carbons (Fsp3) is 0.500. The summed E-state index contributed by atoms with van der Waals surface area (Å²) in [6, 6.07) is 3.86. The summed E-state index contributed by atoms with van der Waals surface area (Å²) in [5.74, 6) is -0.798. The van der Waals surface area contributed by atoms with Crippen LogP contribution in [0.3, 0.4) is 0 Å². The van der Waals surface area contributed by atoms with Crippen molar-refractivity contribution in [2.45, 2.75) is 5.75 Å². The van der Waals surface area contributed by atoms with Gasteiger partial charge in [0.25, 0.3) is 0 Å². The SMILES string of the molecule is COCCNCCNS(=O)(=O)Cc1ccc(F)c(Cl)c1.Cl. The van der Waals surface area contributed by atoms with Crippen LogP contribution >= 0.6 is 24.0 Å². The Morgan fingerprint density at radius 2 is 2.00 bits per heavy atom. The molecule has 0 saturated heterocycles. The van der Waals surface area contributed by atoms with Gasteiger partial charge in [-0.1, -0.05) is 17.7 Å². The van der Waals surface area contributed by atoms with Crippen LogP contribution < -0.4 is 10.0 Å². The van der Waals surface area contributed by atoms with E-state index in [-0.39, 0.29) is 29.7 Å². The Bertz CT molecular complexity index is 529. The van der Waals surface area contributed by atoms with E-state index < -0.39 is 15.8 Å². The predicted octanol–water partition coefficient (Wildman–Crippen LogP) is 1.56. The molecule has 0 aromatic heterocycles. The van der Waals surface area contributed by atoms with Gasteiger partial charge in [-0.2, -0.15) is 0 Å². The van der Waals surface area contributed by atoms with Gasteiger partial charge in [-0.15, -0.1) is 12.4 Å². The van der Waals surface area contributed by atoms with Crippen LogP contribution in [-0.4, -0.2) is 41.8 Å². The Morgan fingerprint density at radius 3 is 2.62 bits per heavy atom. The highest BCUT2D eigenvalue weighted by molar-refractivity contribution is 7.88. The lowest BCUT2D eigenvalue weighted by Gasteiger charge is -2.08. The zero-order valence-corrected chi connectivity index (χ0v) is 14.0. The van der Waals surface area contributed by atoms with Crippen LogP contribution in [0.2, 0.25) is 5.02 Å². The molecule has 0 aliphatic carbocycles. The van der Waals surface area contributed by atoms with E-state index in [9.17, 15) is 12.8 Å². The van der Waals surface area contributed by atoms with Crippen molar-refractivity contribution in [2.24, 2.45) is 0 Å². The largest absolute Gasteiger partial charge is 0.383 e. The van der Waals surface area contributed by atoms with Crippen LogP contribution in [0, 0.1) is 5.82 Å². The zero-order chi connectivity index (χ0) is 15.0. The Balaban J connectivity index is 0.00000400. The molecule has 1 rings (SSSR count). The minimum atomic E-state index is -3.46. The molecule has 1 aromatic rings. The second-order valence-corrected chi connectivity index (χ2v) is 6.36. The van der Waals surface area contributed by atoms with Gasteiger partial charge in [0.05, 0.1) is 17.4 Å². The number of ether oxygens (including phenoxy) is 1. The van der Waals surface area contributed by atoms with Gasteiger partial charge in [0.15, 0.2) is 0 Å². The molecule has 5 nitrogen and oxygen atoms in total. The van der Waals surface area contributed by atoms with E-state index in [4.69, 9.17) is 16.3 Å². The van der Waals surface area contributed by atoms with Gasteiger partial charge in [-0.05, 0) is 17.7 Å². The molecule has 9 heteroatoms. The molecule has 0 aliphatic rings. The third-order valence-corrected chi connectivity index (χ3v) is 4.09. The summed E-state index contributed by atoms with van der Waals surface area (Å²) in [5, 5.41) is 2.93. The molecule has 0 radical (unpaired) electrons.